The maximum atomic E-state index is 12.4. The van der Waals surface area contributed by atoms with Gasteiger partial charge in [-0.15, -0.1) is 6.58 Å². The van der Waals surface area contributed by atoms with Crippen molar-refractivity contribution in [2.75, 3.05) is 0 Å². The molecule has 0 saturated heterocycles. The number of hydrogen-bond acceptors (Lipinski definition) is 1. The fourth-order valence-electron chi connectivity index (χ4n) is 6.14. The molecular formula is C38H46O2. The number of aryl methyl sites for hydroxylation is 1. The van der Waals surface area contributed by atoms with Crippen LogP contribution in [0.3, 0.4) is 0 Å². The number of hydrogen-bond donors (Lipinski definition) is 1. The summed E-state index contributed by atoms with van der Waals surface area (Å²) in [6.07, 6.45) is 19.9. The van der Waals surface area contributed by atoms with E-state index in [2.05, 4.69) is 68.1 Å². The quantitative estimate of drug-likeness (QED) is 0.155. The van der Waals surface area contributed by atoms with Gasteiger partial charge >= 0.3 is 5.97 Å². The number of carboxylic acid groups (broad SMARTS) is 1. The van der Waals surface area contributed by atoms with Crippen LogP contribution in [0.2, 0.25) is 0 Å². The van der Waals surface area contributed by atoms with Gasteiger partial charge in [0.05, 0.1) is 5.56 Å². The summed E-state index contributed by atoms with van der Waals surface area (Å²) in [4.78, 5) is 12.4. The molecule has 210 valence electrons. The molecule has 0 aliphatic heterocycles. The first-order valence-electron chi connectivity index (χ1n) is 15.5. The van der Waals surface area contributed by atoms with Crippen molar-refractivity contribution < 1.29 is 9.90 Å². The van der Waals surface area contributed by atoms with Gasteiger partial charge in [-0.2, -0.15) is 0 Å². The Balaban J connectivity index is 1.63. The van der Waals surface area contributed by atoms with Gasteiger partial charge < -0.3 is 5.11 Å². The van der Waals surface area contributed by atoms with E-state index in [0.717, 1.165) is 60.3 Å². The maximum Gasteiger partial charge on any atom is 0.336 e. The van der Waals surface area contributed by atoms with Crippen LogP contribution >= 0.6 is 0 Å². The van der Waals surface area contributed by atoms with Gasteiger partial charge in [-0.25, -0.2) is 4.79 Å². The number of allylic oxidation sites excluding steroid dienone is 3. The highest BCUT2D eigenvalue weighted by atomic mass is 16.4. The zero-order valence-corrected chi connectivity index (χ0v) is 24.3. The minimum Gasteiger partial charge on any atom is -0.478 e. The fourth-order valence-corrected chi connectivity index (χ4v) is 6.14. The van der Waals surface area contributed by atoms with E-state index >= 15 is 0 Å². The number of aromatic carboxylic acids is 1. The maximum absolute atomic E-state index is 12.4. The van der Waals surface area contributed by atoms with Gasteiger partial charge in [0.15, 0.2) is 0 Å². The van der Waals surface area contributed by atoms with E-state index in [9.17, 15) is 9.90 Å². The van der Waals surface area contributed by atoms with E-state index in [4.69, 9.17) is 0 Å². The molecule has 0 fully saturated rings. The van der Waals surface area contributed by atoms with E-state index in [-0.39, 0.29) is 0 Å². The Morgan fingerprint density at radius 2 is 1.65 bits per heavy atom. The zero-order chi connectivity index (χ0) is 28.2. The van der Waals surface area contributed by atoms with Crippen molar-refractivity contribution in [3.8, 4) is 22.3 Å². The van der Waals surface area contributed by atoms with Crippen molar-refractivity contribution in [2.24, 2.45) is 5.92 Å². The second kappa shape index (κ2) is 15.4. The number of carboxylic acids is 1. The van der Waals surface area contributed by atoms with Crippen LogP contribution in [0, 0.1) is 5.92 Å². The Hall–Kier alpha value is -3.39. The van der Waals surface area contributed by atoms with Gasteiger partial charge in [0.1, 0.15) is 0 Å². The third-order valence-corrected chi connectivity index (χ3v) is 8.42. The van der Waals surface area contributed by atoms with Crippen molar-refractivity contribution in [1.29, 1.82) is 0 Å². The molecule has 0 spiro atoms. The Morgan fingerprint density at radius 3 is 2.35 bits per heavy atom. The molecule has 0 amide bonds. The van der Waals surface area contributed by atoms with Gasteiger partial charge in [-0.05, 0) is 102 Å². The van der Waals surface area contributed by atoms with Crippen LogP contribution in [-0.4, -0.2) is 11.1 Å². The number of unbranched alkanes of at least 4 members (excludes halogenated alkanes) is 6. The molecule has 3 aromatic carbocycles. The molecule has 0 aromatic heterocycles. The van der Waals surface area contributed by atoms with Gasteiger partial charge in [0, 0.05) is 0 Å². The highest BCUT2D eigenvalue weighted by Gasteiger charge is 2.20. The lowest BCUT2D eigenvalue weighted by Crippen LogP contribution is -2.05. The van der Waals surface area contributed by atoms with E-state index in [1.165, 1.54) is 68.1 Å². The summed E-state index contributed by atoms with van der Waals surface area (Å²) in [5.41, 5.74) is 8.26. The molecule has 0 saturated carbocycles. The lowest BCUT2D eigenvalue weighted by molar-refractivity contribution is 0.0697. The zero-order valence-electron chi connectivity index (χ0n) is 24.3. The Bertz CT molecular complexity index is 1280. The first-order chi connectivity index (χ1) is 19.6. The lowest BCUT2D eigenvalue weighted by Gasteiger charge is -2.23. The average molecular weight is 535 g/mol. The van der Waals surface area contributed by atoms with Gasteiger partial charge in [-0.1, -0.05) is 112 Å². The van der Waals surface area contributed by atoms with Crippen LogP contribution < -0.4 is 0 Å². The minimum atomic E-state index is -0.871. The second-order valence-corrected chi connectivity index (χ2v) is 11.4. The molecular weight excluding hydrogens is 488 g/mol. The second-order valence-electron chi connectivity index (χ2n) is 11.4. The summed E-state index contributed by atoms with van der Waals surface area (Å²) in [6.45, 7) is 6.08. The first kappa shape index (κ1) is 29.6. The SMILES string of the molecule is C=CCCCCCCCCc1ccc(C(=O)O)c(-c2cc(C3=CCC(CCC)CC3)ccc2-c2ccccc2)c1. The van der Waals surface area contributed by atoms with Crippen LogP contribution in [-0.2, 0) is 6.42 Å². The summed E-state index contributed by atoms with van der Waals surface area (Å²) >= 11 is 0. The molecule has 1 N–H and O–H groups in total. The van der Waals surface area contributed by atoms with Crippen LogP contribution in [0.25, 0.3) is 27.8 Å². The summed E-state index contributed by atoms with van der Waals surface area (Å²) in [6, 6.07) is 23.0. The molecule has 3 aromatic rings. The van der Waals surface area contributed by atoms with E-state index in [0.29, 0.717) is 5.56 Å². The van der Waals surface area contributed by atoms with Gasteiger partial charge in [0.2, 0.25) is 0 Å². The summed E-state index contributed by atoms with van der Waals surface area (Å²) in [7, 11) is 0. The van der Waals surface area contributed by atoms with Crippen molar-refractivity contribution in [2.45, 2.75) is 90.4 Å². The summed E-state index contributed by atoms with van der Waals surface area (Å²) < 4.78 is 0. The van der Waals surface area contributed by atoms with Crippen molar-refractivity contribution in [1.82, 2.24) is 0 Å². The van der Waals surface area contributed by atoms with Gasteiger partial charge in [0.25, 0.3) is 0 Å². The monoisotopic (exact) mass is 534 g/mol. The smallest absolute Gasteiger partial charge is 0.336 e. The van der Waals surface area contributed by atoms with Crippen molar-refractivity contribution in [3.63, 3.8) is 0 Å². The average Bonchev–Trinajstić information content (AvgIpc) is 2.99. The Morgan fingerprint density at radius 1 is 0.875 bits per heavy atom. The predicted molar refractivity (Wildman–Crippen MR) is 171 cm³/mol. The van der Waals surface area contributed by atoms with Crippen LogP contribution in [0.5, 0.6) is 0 Å². The summed E-state index contributed by atoms with van der Waals surface area (Å²) in [5.74, 6) is -0.0796. The molecule has 40 heavy (non-hydrogen) atoms. The Labute approximate surface area is 241 Å². The third kappa shape index (κ3) is 8.07. The molecule has 4 rings (SSSR count). The lowest BCUT2D eigenvalue weighted by atomic mass is 9.82. The molecule has 0 radical (unpaired) electrons. The topological polar surface area (TPSA) is 37.3 Å². The number of rotatable bonds is 15. The van der Waals surface area contributed by atoms with Crippen LogP contribution in [0.15, 0.2) is 85.5 Å². The standard InChI is InChI=1S/C38H46O2/c1-3-5-6-7-8-9-10-12-16-30-21-25-35(38(39)40)36(27-30)37-28-33(31-22-19-29(15-4-2)20-23-31)24-26-34(37)32-17-13-11-14-18-32/h3,11,13-14,17-18,21-22,24-29H,1,4-10,12,15-16,19-20,23H2,2H3,(H,39,40). The molecule has 2 heteroatoms. The van der Waals surface area contributed by atoms with Gasteiger partial charge in [-0.3, -0.25) is 0 Å². The minimum absolute atomic E-state index is 0.376. The largest absolute Gasteiger partial charge is 0.478 e. The molecule has 1 aliphatic carbocycles. The van der Waals surface area contributed by atoms with E-state index in [1.54, 1.807) is 0 Å². The van der Waals surface area contributed by atoms with E-state index < -0.39 is 5.97 Å². The molecule has 1 aliphatic rings. The molecule has 2 nitrogen and oxygen atoms in total. The third-order valence-electron chi connectivity index (χ3n) is 8.42. The molecule has 1 unspecified atom stereocenters. The normalized spacial score (nSPS) is 15.0. The number of benzene rings is 3. The van der Waals surface area contributed by atoms with Crippen molar-refractivity contribution >= 4 is 11.5 Å². The highest BCUT2D eigenvalue weighted by molar-refractivity contribution is 5.99. The Kier molecular flexibility index (Phi) is 11.4. The van der Waals surface area contributed by atoms with Crippen LogP contribution in [0.4, 0.5) is 0 Å². The fraction of sp³-hybridized carbons (Fsp3) is 0.395. The molecule has 1 atom stereocenters. The molecule has 0 heterocycles. The van der Waals surface area contributed by atoms with Crippen LogP contribution in [0.1, 0.15) is 105 Å². The van der Waals surface area contributed by atoms with E-state index in [1.807, 2.05) is 24.3 Å². The molecule has 0 bridgehead atoms. The predicted octanol–water partition coefficient (Wildman–Crippen LogP) is 11.2. The first-order valence-corrected chi connectivity index (χ1v) is 15.5. The number of carbonyl (C=O) groups is 1. The summed E-state index contributed by atoms with van der Waals surface area (Å²) in [5, 5.41) is 10.2. The highest BCUT2D eigenvalue weighted by Crippen LogP contribution is 2.39. The van der Waals surface area contributed by atoms with Crippen molar-refractivity contribution in [3.05, 3.63) is 102 Å².